The molecule has 4 rings (SSSR count). The summed E-state index contributed by atoms with van der Waals surface area (Å²) in [4.78, 5) is 4.70. The number of para-hydroxylation sites is 2. The van der Waals surface area contributed by atoms with E-state index < -0.39 is 0 Å². The first-order valence-corrected chi connectivity index (χ1v) is 6.38. The summed E-state index contributed by atoms with van der Waals surface area (Å²) >= 11 is 0. The smallest absolute Gasteiger partial charge is 0.215 e. The molecule has 2 heterocycles. The number of fused-ring (bicyclic) bond motifs is 3. The van der Waals surface area contributed by atoms with Crippen molar-refractivity contribution in [3.8, 4) is 0 Å². The molecular formula is C16H13N3. The molecule has 2 aromatic carbocycles. The minimum atomic E-state index is 0.848. The first-order chi connectivity index (χ1) is 9.42. The number of hydrogen-bond donors (Lipinski definition) is 0. The fourth-order valence-corrected chi connectivity index (χ4v) is 2.50. The largest absolute Gasteiger partial charge is 0.312 e. The number of imidazole rings is 2. The summed E-state index contributed by atoms with van der Waals surface area (Å²) in [5.41, 5.74) is 3.48. The highest BCUT2D eigenvalue weighted by Gasteiger charge is 2.07. The van der Waals surface area contributed by atoms with E-state index in [4.69, 9.17) is 4.98 Å². The van der Waals surface area contributed by atoms with E-state index in [0.717, 1.165) is 23.4 Å². The SMILES string of the molecule is c1ccc(Cn2ccn3c4ccccc4nc23)cc1. The van der Waals surface area contributed by atoms with E-state index in [1.54, 1.807) is 0 Å². The summed E-state index contributed by atoms with van der Waals surface area (Å²) in [5.74, 6) is 0.991. The van der Waals surface area contributed by atoms with Gasteiger partial charge in [0.05, 0.1) is 17.6 Å². The molecule has 4 aromatic rings. The molecule has 0 aliphatic rings. The predicted octanol–water partition coefficient (Wildman–Crippen LogP) is 3.34. The van der Waals surface area contributed by atoms with Crippen molar-refractivity contribution in [3.63, 3.8) is 0 Å². The summed E-state index contributed by atoms with van der Waals surface area (Å²) in [5, 5.41) is 0. The second-order valence-corrected chi connectivity index (χ2v) is 4.68. The van der Waals surface area contributed by atoms with Gasteiger partial charge in [0.15, 0.2) is 0 Å². The highest BCUT2D eigenvalue weighted by Crippen LogP contribution is 2.17. The Balaban J connectivity index is 1.87. The molecule has 0 amide bonds. The molecule has 0 atom stereocenters. The fourth-order valence-electron chi connectivity index (χ4n) is 2.50. The van der Waals surface area contributed by atoms with E-state index >= 15 is 0 Å². The van der Waals surface area contributed by atoms with Crippen LogP contribution in [-0.2, 0) is 6.54 Å². The van der Waals surface area contributed by atoms with Gasteiger partial charge in [-0.3, -0.25) is 4.40 Å². The fraction of sp³-hybridized carbons (Fsp3) is 0.0625. The van der Waals surface area contributed by atoms with Gasteiger partial charge in [-0.2, -0.15) is 0 Å². The Morgan fingerprint density at radius 2 is 1.63 bits per heavy atom. The summed E-state index contributed by atoms with van der Waals surface area (Å²) < 4.78 is 4.31. The van der Waals surface area contributed by atoms with Crippen molar-refractivity contribution in [2.24, 2.45) is 0 Å². The molecule has 0 saturated carbocycles. The van der Waals surface area contributed by atoms with Gasteiger partial charge in [0.25, 0.3) is 0 Å². The molecule has 0 aliphatic heterocycles. The number of benzene rings is 2. The Labute approximate surface area is 110 Å². The minimum Gasteiger partial charge on any atom is -0.312 e. The third-order valence-electron chi connectivity index (χ3n) is 3.43. The second kappa shape index (κ2) is 3.99. The van der Waals surface area contributed by atoms with E-state index in [1.165, 1.54) is 5.56 Å². The first-order valence-electron chi connectivity index (χ1n) is 6.38. The average Bonchev–Trinajstić information content (AvgIpc) is 3.00. The Bertz CT molecular complexity index is 840. The summed E-state index contributed by atoms with van der Waals surface area (Å²) in [6, 6.07) is 18.7. The maximum absolute atomic E-state index is 4.70. The zero-order valence-electron chi connectivity index (χ0n) is 10.4. The van der Waals surface area contributed by atoms with Crippen molar-refractivity contribution in [2.45, 2.75) is 6.54 Å². The van der Waals surface area contributed by atoms with Crippen molar-refractivity contribution in [1.29, 1.82) is 0 Å². The lowest BCUT2D eigenvalue weighted by Crippen LogP contribution is -1.98. The van der Waals surface area contributed by atoms with Gasteiger partial charge in [0.1, 0.15) is 0 Å². The van der Waals surface area contributed by atoms with Crippen LogP contribution < -0.4 is 0 Å². The molecule has 0 radical (unpaired) electrons. The average molecular weight is 247 g/mol. The molecule has 3 heteroatoms. The maximum Gasteiger partial charge on any atom is 0.215 e. The topological polar surface area (TPSA) is 22.2 Å². The molecule has 0 fully saturated rings. The van der Waals surface area contributed by atoms with Crippen LogP contribution in [0.1, 0.15) is 5.56 Å². The minimum absolute atomic E-state index is 0.848. The molecule has 0 saturated heterocycles. The van der Waals surface area contributed by atoms with Crippen LogP contribution in [0.4, 0.5) is 0 Å². The summed E-state index contributed by atoms with van der Waals surface area (Å²) in [7, 11) is 0. The van der Waals surface area contributed by atoms with Crippen LogP contribution in [0.3, 0.4) is 0 Å². The van der Waals surface area contributed by atoms with Gasteiger partial charge in [-0.15, -0.1) is 0 Å². The van der Waals surface area contributed by atoms with Gasteiger partial charge < -0.3 is 4.57 Å². The molecule has 0 bridgehead atoms. The molecular weight excluding hydrogens is 234 g/mol. The van der Waals surface area contributed by atoms with Crippen molar-refractivity contribution < 1.29 is 0 Å². The van der Waals surface area contributed by atoms with Crippen molar-refractivity contribution in [3.05, 3.63) is 72.6 Å². The van der Waals surface area contributed by atoms with Crippen LogP contribution in [-0.4, -0.2) is 14.0 Å². The Morgan fingerprint density at radius 3 is 2.53 bits per heavy atom. The summed E-state index contributed by atoms with van der Waals surface area (Å²) in [6.45, 7) is 0.848. The van der Waals surface area contributed by atoms with E-state index in [1.807, 2.05) is 18.2 Å². The lowest BCUT2D eigenvalue weighted by atomic mass is 10.2. The molecule has 2 aromatic heterocycles. The van der Waals surface area contributed by atoms with E-state index in [2.05, 4.69) is 57.8 Å². The third kappa shape index (κ3) is 1.63. The van der Waals surface area contributed by atoms with Crippen LogP contribution in [0.15, 0.2) is 67.0 Å². The van der Waals surface area contributed by atoms with Gasteiger partial charge in [0, 0.05) is 12.4 Å². The quantitative estimate of drug-likeness (QED) is 0.532. The normalized spacial score (nSPS) is 11.4. The Morgan fingerprint density at radius 1 is 0.842 bits per heavy atom. The molecule has 92 valence electrons. The van der Waals surface area contributed by atoms with Crippen LogP contribution in [0, 0.1) is 0 Å². The predicted molar refractivity (Wildman–Crippen MR) is 76.2 cm³/mol. The highest BCUT2D eigenvalue weighted by molar-refractivity contribution is 5.79. The lowest BCUT2D eigenvalue weighted by molar-refractivity contribution is 0.820. The number of hydrogen-bond acceptors (Lipinski definition) is 1. The third-order valence-corrected chi connectivity index (χ3v) is 3.43. The summed E-state index contributed by atoms with van der Waals surface area (Å²) in [6.07, 6.45) is 4.16. The monoisotopic (exact) mass is 247 g/mol. The Kier molecular flexibility index (Phi) is 2.18. The van der Waals surface area contributed by atoms with Crippen molar-refractivity contribution >= 4 is 16.8 Å². The van der Waals surface area contributed by atoms with Gasteiger partial charge in [-0.1, -0.05) is 42.5 Å². The van der Waals surface area contributed by atoms with Gasteiger partial charge in [0.2, 0.25) is 5.78 Å². The van der Waals surface area contributed by atoms with Crippen LogP contribution in [0.5, 0.6) is 0 Å². The van der Waals surface area contributed by atoms with Gasteiger partial charge >= 0.3 is 0 Å². The zero-order chi connectivity index (χ0) is 12.7. The van der Waals surface area contributed by atoms with E-state index in [9.17, 15) is 0 Å². The first kappa shape index (κ1) is 10.4. The van der Waals surface area contributed by atoms with Crippen LogP contribution in [0.25, 0.3) is 16.8 Å². The lowest BCUT2D eigenvalue weighted by Gasteiger charge is -2.02. The molecule has 0 unspecified atom stereocenters. The molecule has 3 nitrogen and oxygen atoms in total. The van der Waals surface area contributed by atoms with Crippen molar-refractivity contribution in [1.82, 2.24) is 14.0 Å². The second-order valence-electron chi connectivity index (χ2n) is 4.68. The van der Waals surface area contributed by atoms with E-state index in [0.29, 0.717) is 0 Å². The molecule has 0 spiro atoms. The van der Waals surface area contributed by atoms with Gasteiger partial charge in [-0.25, -0.2) is 4.98 Å². The zero-order valence-corrected chi connectivity index (χ0v) is 10.4. The number of aromatic nitrogens is 3. The highest BCUT2D eigenvalue weighted by atomic mass is 15.2. The van der Waals surface area contributed by atoms with E-state index in [-0.39, 0.29) is 0 Å². The number of nitrogens with zero attached hydrogens (tertiary/aromatic N) is 3. The van der Waals surface area contributed by atoms with Gasteiger partial charge in [-0.05, 0) is 17.7 Å². The molecule has 0 N–H and O–H groups in total. The maximum atomic E-state index is 4.70. The molecule has 19 heavy (non-hydrogen) atoms. The Hall–Kier alpha value is -2.55. The standard InChI is InChI=1S/C16H13N3/c1-2-6-13(7-3-1)12-18-10-11-19-15-9-5-4-8-14(15)17-16(18)19/h1-11H,12H2. The molecule has 0 aliphatic carbocycles. The van der Waals surface area contributed by atoms with Crippen LogP contribution >= 0.6 is 0 Å². The number of rotatable bonds is 2. The van der Waals surface area contributed by atoms with Crippen LogP contribution in [0.2, 0.25) is 0 Å². The van der Waals surface area contributed by atoms with Crippen molar-refractivity contribution in [2.75, 3.05) is 0 Å².